The number of rotatable bonds is 4. The molecule has 0 bridgehead atoms. The number of carbonyl (C=O) groups excluding carboxylic acids is 2. The van der Waals surface area contributed by atoms with Crippen molar-refractivity contribution in [3.63, 3.8) is 0 Å². The maximum Gasteiger partial charge on any atom is 0.341 e. The Balaban J connectivity index is 0.000000148. The minimum atomic E-state index is -2.18. The lowest BCUT2D eigenvalue weighted by molar-refractivity contribution is -0.255. The van der Waals surface area contributed by atoms with Crippen molar-refractivity contribution in [2.75, 3.05) is 69.3 Å². The molecule has 10 nitrogen and oxygen atoms in total. The first-order valence-corrected chi connectivity index (χ1v) is 29.1. The van der Waals surface area contributed by atoms with Gasteiger partial charge >= 0.3 is 5.97 Å². The number of methoxy groups -OCH3 is 1. The minimum absolute atomic E-state index is 0. The number of fused-ring (bicyclic) bond motifs is 8. The van der Waals surface area contributed by atoms with Gasteiger partial charge in [-0.2, -0.15) is 0 Å². The van der Waals surface area contributed by atoms with Crippen LogP contribution in [0.2, 0.25) is 0 Å². The Morgan fingerprint density at radius 2 is 0.833 bits per heavy atom. The number of halogens is 9. The van der Waals surface area contributed by atoms with Crippen molar-refractivity contribution >= 4 is 34.5 Å². The summed E-state index contributed by atoms with van der Waals surface area (Å²) in [5, 5.41) is 15.3. The van der Waals surface area contributed by atoms with Gasteiger partial charge in [0, 0.05) is 135 Å². The van der Waals surface area contributed by atoms with E-state index in [9.17, 15) is 27.9 Å². The van der Waals surface area contributed by atoms with E-state index in [1.807, 2.05) is 24.3 Å². The molecule has 0 aromatic heterocycles. The maximum atomic E-state index is 16.1. The predicted molar refractivity (Wildman–Crippen MR) is 289 cm³/mol. The number of esters is 1. The monoisotopic (exact) mass is 1170 g/mol. The van der Waals surface area contributed by atoms with E-state index in [0.29, 0.717) is 57.4 Å². The van der Waals surface area contributed by atoms with Gasteiger partial charge in [0.2, 0.25) is 10.7 Å². The molecule has 6 aromatic carbocycles. The Hall–Kier alpha value is -7.47. The van der Waals surface area contributed by atoms with Gasteiger partial charge < -0.3 is 46.3 Å². The number of ether oxygens (including phenoxy) is 3. The van der Waals surface area contributed by atoms with Crippen LogP contribution in [-0.4, -0.2) is 71.4 Å². The van der Waals surface area contributed by atoms with Gasteiger partial charge in [-0.15, -0.1) is 0 Å². The summed E-state index contributed by atoms with van der Waals surface area (Å²) < 4.78 is 145. The van der Waals surface area contributed by atoms with Crippen LogP contribution in [0.5, 0.6) is 23.0 Å². The number of carbonyl (C=O) groups is 2. The van der Waals surface area contributed by atoms with Crippen molar-refractivity contribution in [2.24, 2.45) is 0 Å². The number of carboxylic acids is 1. The van der Waals surface area contributed by atoms with Gasteiger partial charge in [0.15, 0.2) is 46.5 Å². The minimum Gasteiger partial charge on any atom is -1.00 e. The average molecular weight is 1180 g/mol. The van der Waals surface area contributed by atoms with E-state index in [1.165, 1.54) is 0 Å². The molecule has 0 unspecified atom stereocenters. The number of anilines is 2. The van der Waals surface area contributed by atoms with Crippen molar-refractivity contribution in [1.29, 1.82) is 0 Å². The number of aromatic carboxylic acids is 1. The molecule has 10 aliphatic heterocycles. The zero-order valence-electron chi connectivity index (χ0n) is 45.9. The molecule has 0 radical (unpaired) electrons. The van der Waals surface area contributed by atoms with Crippen molar-refractivity contribution in [3.05, 3.63) is 170 Å². The topological polar surface area (TPSA) is 97.4 Å². The highest BCUT2D eigenvalue weighted by Gasteiger charge is 2.42. The van der Waals surface area contributed by atoms with Crippen LogP contribution in [0.1, 0.15) is 139 Å². The van der Waals surface area contributed by atoms with Crippen LogP contribution in [-0.2, 0) is 56.1 Å². The fraction of sp³-hybridized carbons (Fsp3) is 0.385. The molecule has 19 heteroatoms. The van der Waals surface area contributed by atoms with Crippen molar-refractivity contribution in [2.45, 2.75) is 103 Å². The maximum absolute atomic E-state index is 16.1. The lowest BCUT2D eigenvalue weighted by atomic mass is 9.81. The van der Waals surface area contributed by atoms with Gasteiger partial charge in [0.1, 0.15) is 54.7 Å². The van der Waals surface area contributed by atoms with E-state index < -0.39 is 80.7 Å². The summed E-state index contributed by atoms with van der Waals surface area (Å²) in [6.45, 7) is 7.30. The van der Waals surface area contributed by atoms with Crippen LogP contribution in [0, 0.1) is 46.5 Å². The Morgan fingerprint density at radius 3 is 1.26 bits per heavy atom. The summed E-state index contributed by atoms with van der Waals surface area (Å²) in [5.74, 6) is -16.8. The zero-order valence-corrected chi connectivity index (χ0v) is 46.7. The number of hydrogen-bond donors (Lipinski definition) is 0. The van der Waals surface area contributed by atoms with Crippen molar-refractivity contribution in [3.8, 4) is 23.0 Å². The van der Waals surface area contributed by atoms with Crippen LogP contribution in [0.15, 0.2) is 24.3 Å². The Labute approximate surface area is 483 Å². The van der Waals surface area contributed by atoms with Gasteiger partial charge in [0.05, 0.1) is 24.2 Å². The Morgan fingerprint density at radius 1 is 0.464 bits per heavy atom. The van der Waals surface area contributed by atoms with Crippen molar-refractivity contribution < 1.29 is 76.4 Å². The molecule has 0 atom stereocenters. The third kappa shape index (κ3) is 7.85. The van der Waals surface area contributed by atoms with E-state index in [1.54, 1.807) is 0 Å². The summed E-state index contributed by atoms with van der Waals surface area (Å²) in [6, 6.07) is 7.53. The lowest BCUT2D eigenvalue weighted by Crippen LogP contribution is -3.00. The predicted octanol–water partition coefficient (Wildman–Crippen LogP) is 4.51. The molecule has 0 N–H and O–H groups in total. The second kappa shape index (κ2) is 20.4. The first-order valence-electron chi connectivity index (χ1n) is 29.1. The van der Waals surface area contributed by atoms with E-state index >= 15 is 22.0 Å². The zero-order chi connectivity index (χ0) is 57.0. The molecule has 10 aliphatic rings. The highest BCUT2D eigenvalue weighted by Crippen LogP contribution is 2.52. The quantitative estimate of drug-likeness (QED) is 0.0837. The summed E-state index contributed by atoms with van der Waals surface area (Å²) in [4.78, 5) is 29.9. The molecular weight excluding hydrogens is 1120 g/mol. The molecule has 84 heavy (non-hydrogen) atoms. The fourth-order valence-electron chi connectivity index (χ4n) is 15.8. The van der Waals surface area contributed by atoms with E-state index in [4.69, 9.17) is 14.2 Å². The van der Waals surface area contributed by atoms with E-state index in [-0.39, 0.29) is 23.6 Å². The van der Waals surface area contributed by atoms with Gasteiger partial charge in [-0.05, 0) is 112 Å². The van der Waals surface area contributed by atoms with Crippen molar-refractivity contribution in [1.82, 2.24) is 9.15 Å². The summed E-state index contributed by atoms with van der Waals surface area (Å²) in [6.07, 6.45) is 13.2. The summed E-state index contributed by atoms with van der Waals surface area (Å²) in [7, 11) is 1.01. The molecule has 0 fully saturated rings. The SMILES string of the molecule is COC(=O)c1c(F)c(F)c(F)c(F)c1C1=c2cc3c4c(c2Oc2c1cc1c5c2CCCN5CCC1)CCC[N+]=4CCC3.O=C([O-])c1c(F)c(F)c(F)c(F)c1C1=c2cc3c4c(c2Oc2c1cc1c5c2CCCN5CCC1)CCC[N+]=4CCC3.[Cl-]. The third-order valence-electron chi connectivity index (χ3n) is 19.0. The molecule has 434 valence electrons. The number of benzene rings is 6. The van der Waals surface area contributed by atoms with E-state index in [0.717, 1.165) is 216 Å². The molecule has 0 spiro atoms. The lowest BCUT2D eigenvalue weighted by Gasteiger charge is -2.39. The average Bonchev–Trinajstić information content (AvgIpc) is 1.25. The van der Waals surface area contributed by atoms with Crippen LogP contribution in [0.4, 0.5) is 46.5 Å². The van der Waals surface area contributed by atoms with Crippen LogP contribution in [0.3, 0.4) is 0 Å². The van der Waals surface area contributed by atoms with Gasteiger partial charge in [-0.1, -0.05) is 0 Å². The smallest absolute Gasteiger partial charge is 0.341 e. The molecule has 0 aliphatic carbocycles. The molecule has 0 saturated carbocycles. The van der Waals surface area contributed by atoms with Crippen LogP contribution >= 0.6 is 0 Å². The van der Waals surface area contributed by atoms with Crippen LogP contribution < -0.4 is 67.1 Å². The van der Waals surface area contributed by atoms with E-state index in [2.05, 4.69) is 19.0 Å². The second-order valence-electron chi connectivity index (χ2n) is 23.5. The third-order valence-corrected chi connectivity index (χ3v) is 19.0. The summed E-state index contributed by atoms with van der Waals surface area (Å²) >= 11 is 0. The first-order chi connectivity index (χ1) is 40.2. The molecule has 10 heterocycles. The number of nitrogens with zero attached hydrogens (tertiary/aromatic N) is 4. The normalized spacial score (nSPS) is 18.0. The highest BCUT2D eigenvalue weighted by atomic mass is 35.5. The second-order valence-corrected chi connectivity index (χ2v) is 23.5. The molecular formula is C65H55ClF8N4O6. The molecule has 16 rings (SSSR count). The molecule has 0 amide bonds. The Kier molecular flexibility index (Phi) is 13.2. The number of aryl methyl sites for hydroxylation is 4. The number of carboxylic acid groups (broad SMARTS) is 1. The summed E-state index contributed by atoms with van der Waals surface area (Å²) in [5.41, 5.74) is 7.37. The van der Waals surface area contributed by atoms with Gasteiger partial charge in [-0.25, -0.2) is 49.1 Å². The Bertz CT molecular complexity index is 4290. The first kappa shape index (κ1) is 54.5. The highest BCUT2D eigenvalue weighted by molar-refractivity contribution is 6.01. The van der Waals surface area contributed by atoms with Gasteiger partial charge in [-0.3, -0.25) is 0 Å². The largest absolute Gasteiger partial charge is 1.00 e. The molecule has 6 aromatic rings. The number of hydrogen-bond acceptors (Lipinski definition) is 8. The van der Waals surface area contributed by atoms with Gasteiger partial charge in [0.25, 0.3) is 0 Å². The standard InChI is InChI=1S/C33H29F4N2O3.C32H26F4N2O3.ClH/c1-41-33(40)24-23(25(34)27(36)28(37)26(24)35)22-20-14-16-6-2-10-38-12-4-8-18(29(16)38)31(20)42-32-19-9-5-13-39-11-3-7-17(30(19)39)15-21(22)32;33-24-22(23(32(39)40)25(34)27(36)26(24)35)21-19-13-15-5-1-9-37-11-3-7-17(28(15)37)30(19)41-31-18-8-4-12-38-10-2-6-16(29(18)38)14-20(21)31;/h14-15H,2-13H2,1H3;13-14H,1-12H2;1H/q+1;;/p-1. The fourth-order valence-corrected chi connectivity index (χ4v) is 15.8. The van der Waals surface area contributed by atoms with Crippen LogP contribution in [0.25, 0.3) is 11.1 Å². The molecule has 0 saturated heterocycles.